The number of rotatable bonds is 11. The Bertz CT molecular complexity index is 275. The van der Waals surface area contributed by atoms with E-state index >= 15 is 0 Å². The van der Waals surface area contributed by atoms with E-state index < -0.39 is 0 Å². The first-order valence-electron chi connectivity index (χ1n) is 7.69. The molecular weight excluding hydrogens is 234 g/mol. The molecule has 0 saturated carbocycles. The average Bonchev–Trinajstić information content (AvgIpc) is 2.42. The highest BCUT2D eigenvalue weighted by atomic mass is 14.8. The number of nitrogens with zero attached hydrogens (tertiary/aromatic N) is 2. The number of unbranched alkanes of at least 4 members (excludes halogenated alkanes) is 9. The van der Waals surface area contributed by atoms with Gasteiger partial charge in [0, 0.05) is 18.8 Å². The zero-order valence-electron chi connectivity index (χ0n) is 12.6. The molecule has 3 N–H and O–H groups in total. The maximum Gasteiger partial charge on any atom is 0.128 e. The molecular formula is C16H31N3. The summed E-state index contributed by atoms with van der Waals surface area (Å²) in [5.41, 5.74) is 0. The smallest absolute Gasteiger partial charge is 0.128 e. The maximum atomic E-state index is 4.24. The lowest BCUT2D eigenvalue weighted by Crippen LogP contribution is -1.93. The van der Waals surface area contributed by atoms with Crippen molar-refractivity contribution in [3.63, 3.8) is 0 Å². The molecule has 0 aliphatic rings. The van der Waals surface area contributed by atoms with Gasteiger partial charge in [-0.1, -0.05) is 64.7 Å². The molecule has 1 heterocycles. The van der Waals surface area contributed by atoms with E-state index in [2.05, 4.69) is 16.9 Å². The van der Waals surface area contributed by atoms with Gasteiger partial charge in [0.05, 0.1) is 0 Å². The lowest BCUT2D eigenvalue weighted by atomic mass is 10.1. The van der Waals surface area contributed by atoms with Crippen molar-refractivity contribution >= 4 is 0 Å². The quantitative estimate of drug-likeness (QED) is 0.566. The van der Waals surface area contributed by atoms with Crippen LogP contribution in [-0.2, 0) is 6.42 Å². The molecule has 19 heavy (non-hydrogen) atoms. The Morgan fingerprint density at radius 1 is 0.737 bits per heavy atom. The molecule has 1 rings (SSSR count). The van der Waals surface area contributed by atoms with Crippen molar-refractivity contribution in [2.45, 2.75) is 77.6 Å². The molecule has 0 saturated heterocycles. The molecule has 0 spiro atoms. The molecule has 3 nitrogen and oxygen atoms in total. The van der Waals surface area contributed by atoms with E-state index in [0.717, 1.165) is 12.2 Å². The minimum atomic E-state index is 0. The molecule has 1 aromatic rings. The molecule has 0 amide bonds. The van der Waals surface area contributed by atoms with Crippen LogP contribution in [0.4, 0.5) is 0 Å². The molecule has 3 heteroatoms. The third kappa shape index (κ3) is 10.6. The largest absolute Gasteiger partial charge is 0.344 e. The van der Waals surface area contributed by atoms with Crippen molar-refractivity contribution in [1.82, 2.24) is 16.1 Å². The van der Waals surface area contributed by atoms with Gasteiger partial charge < -0.3 is 6.15 Å². The molecule has 0 bridgehead atoms. The summed E-state index contributed by atoms with van der Waals surface area (Å²) in [5.74, 6) is 0.997. The lowest BCUT2D eigenvalue weighted by Gasteiger charge is -2.02. The predicted octanol–water partition coefficient (Wildman–Crippen LogP) is 5.10. The van der Waals surface area contributed by atoms with Crippen molar-refractivity contribution in [3.05, 3.63) is 24.3 Å². The molecule has 0 aliphatic heterocycles. The van der Waals surface area contributed by atoms with E-state index in [1.54, 1.807) is 0 Å². The second kappa shape index (κ2) is 13.5. The van der Waals surface area contributed by atoms with Crippen LogP contribution in [0.15, 0.2) is 18.5 Å². The Balaban J connectivity index is 0.00000324. The third-order valence-corrected chi connectivity index (χ3v) is 3.37. The second-order valence-corrected chi connectivity index (χ2v) is 5.10. The van der Waals surface area contributed by atoms with Crippen LogP contribution in [0.1, 0.15) is 77.0 Å². The summed E-state index contributed by atoms with van der Waals surface area (Å²) in [6.45, 7) is 2.27. The fourth-order valence-electron chi connectivity index (χ4n) is 2.23. The third-order valence-electron chi connectivity index (χ3n) is 3.37. The zero-order valence-corrected chi connectivity index (χ0v) is 12.6. The van der Waals surface area contributed by atoms with Gasteiger partial charge >= 0.3 is 0 Å². The molecule has 0 atom stereocenters. The van der Waals surface area contributed by atoms with Crippen LogP contribution >= 0.6 is 0 Å². The Morgan fingerprint density at radius 3 is 1.74 bits per heavy atom. The Kier molecular flexibility index (Phi) is 12.8. The van der Waals surface area contributed by atoms with E-state index in [1.165, 1.54) is 64.2 Å². The normalized spacial score (nSPS) is 10.2. The minimum absolute atomic E-state index is 0. The molecule has 110 valence electrons. The number of hydrogen-bond donors (Lipinski definition) is 1. The van der Waals surface area contributed by atoms with E-state index in [9.17, 15) is 0 Å². The van der Waals surface area contributed by atoms with Gasteiger partial charge in [-0.25, -0.2) is 9.97 Å². The monoisotopic (exact) mass is 265 g/mol. The SMILES string of the molecule is CCCCCCCCCCCCc1ncccn1.N. The summed E-state index contributed by atoms with van der Waals surface area (Å²) < 4.78 is 0. The van der Waals surface area contributed by atoms with Gasteiger partial charge in [-0.3, -0.25) is 0 Å². The van der Waals surface area contributed by atoms with Gasteiger partial charge in [0.1, 0.15) is 5.82 Å². The first kappa shape index (κ1) is 18.0. The first-order chi connectivity index (χ1) is 8.93. The number of aryl methyl sites for hydroxylation is 1. The van der Waals surface area contributed by atoms with Crippen LogP contribution in [0.2, 0.25) is 0 Å². The van der Waals surface area contributed by atoms with Crippen LogP contribution in [-0.4, -0.2) is 9.97 Å². The Morgan fingerprint density at radius 2 is 1.21 bits per heavy atom. The van der Waals surface area contributed by atoms with Crippen LogP contribution in [0.5, 0.6) is 0 Å². The van der Waals surface area contributed by atoms with Crippen molar-refractivity contribution < 1.29 is 0 Å². The van der Waals surface area contributed by atoms with Crippen molar-refractivity contribution in [3.8, 4) is 0 Å². The van der Waals surface area contributed by atoms with E-state index in [4.69, 9.17) is 0 Å². The van der Waals surface area contributed by atoms with Gasteiger partial charge in [-0.2, -0.15) is 0 Å². The topological polar surface area (TPSA) is 60.8 Å². The molecule has 0 unspecified atom stereocenters. The molecule has 0 radical (unpaired) electrons. The summed E-state index contributed by atoms with van der Waals surface area (Å²) >= 11 is 0. The molecule has 1 aromatic heterocycles. The summed E-state index contributed by atoms with van der Waals surface area (Å²) in [5, 5.41) is 0. The summed E-state index contributed by atoms with van der Waals surface area (Å²) in [4.78, 5) is 8.49. The second-order valence-electron chi connectivity index (χ2n) is 5.10. The maximum absolute atomic E-state index is 4.24. The fourth-order valence-corrected chi connectivity index (χ4v) is 2.23. The van der Waals surface area contributed by atoms with Gasteiger partial charge in [0.15, 0.2) is 0 Å². The van der Waals surface area contributed by atoms with Gasteiger partial charge in [0.2, 0.25) is 0 Å². The predicted molar refractivity (Wildman–Crippen MR) is 82.6 cm³/mol. The van der Waals surface area contributed by atoms with Gasteiger partial charge in [-0.15, -0.1) is 0 Å². The van der Waals surface area contributed by atoms with Crippen molar-refractivity contribution in [2.24, 2.45) is 0 Å². The average molecular weight is 265 g/mol. The Hall–Kier alpha value is -0.960. The minimum Gasteiger partial charge on any atom is -0.344 e. The summed E-state index contributed by atoms with van der Waals surface area (Å²) in [6.07, 6.45) is 18.5. The van der Waals surface area contributed by atoms with Crippen LogP contribution < -0.4 is 6.15 Å². The first-order valence-corrected chi connectivity index (χ1v) is 7.69. The highest BCUT2D eigenvalue weighted by molar-refractivity contribution is 4.88. The number of aromatic nitrogens is 2. The van der Waals surface area contributed by atoms with E-state index in [1.807, 2.05) is 18.5 Å². The van der Waals surface area contributed by atoms with E-state index in [-0.39, 0.29) is 6.15 Å². The number of hydrogen-bond acceptors (Lipinski definition) is 3. The van der Waals surface area contributed by atoms with E-state index in [0.29, 0.717) is 0 Å². The van der Waals surface area contributed by atoms with Crippen molar-refractivity contribution in [2.75, 3.05) is 0 Å². The van der Waals surface area contributed by atoms with Crippen LogP contribution in [0, 0.1) is 0 Å². The highest BCUT2D eigenvalue weighted by Crippen LogP contribution is 2.11. The lowest BCUT2D eigenvalue weighted by molar-refractivity contribution is 0.554. The fraction of sp³-hybridized carbons (Fsp3) is 0.750. The standard InChI is InChI=1S/C16H28N2.H3N/c1-2-3-4-5-6-7-8-9-10-11-13-16-17-14-12-15-18-16;/h12,14-15H,2-11,13H2,1H3;1H3. The Labute approximate surface area is 118 Å². The van der Waals surface area contributed by atoms with Crippen LogP contribution in [0.25, 0.3) is 0 Å². The summed E-state index contributed by atoms with van der Waals surface area (Å²) in [6, 6.07) is 1.88. The molecule has 0 aliphatic carbocycles. The summed E-state index contributed by atoms with van der Waals surface area (Å²) in [7, 11) is 0. The molecule has 0 aromatic carbocycles. The zero-order chi connectivity index (χ0) is 12.9. The highest BCUT2D eigenvalue weighted by Gasteiger charge is 1.95. The van der Waals surface area contributed by atoms with Gasteiger partial charge in [0.25, 0.3) is 0 Å². The van der Waals surface area contributed by atoms with Crippen LogP contribution in [0.3, 0.4) is 0 Å². The van der Waals surface area contributed by atoms with Crippen molar-refractivity contribution in [1.29, 1.82) is 0 Å². The van der Waals surface area contributed by atoms with Gasteiger partial charge in [-0.05, 0) is 12.5 Å². The molecule has 0 fully saturated rings.